The van der Waals surface area contributed by atoms with Crippen molar-refractivity contribution in [1.29, 1.82) is 0 Å². The molecule has 1 aliphatic rings. The van der Waals surface area contributed by atoms with Gasteiger partial charge in [0, 0.05) is 5.41 Å². The predicted octanol–water partition coefficient (Wildman–Crippen LogP) is 0.941. The van der Waals surface area contributed by atoms with Gasteiger partial charge in [0.05, 0.1) is 7.11 Å². The van der Waals surface area contributed by atoms with Crippen molar-refractivity contribution < 1.29 is 14.3 Å². The first-order valence-electron chi connectivity index (χ1n) is 3.80. The van der Waals surface area contributed by atoms with Gasteiger partial charge in [-0.25, -0.2) is 0 Å². The Hall–Kier alpha value is -1.12. The van der Waals surface area contributed by atoms with Crippen molar-refractivity contribution in [2.45, 2.75) is 13.8 Å². The second-order valence-electron chi connectivity index (χ2n) is 3.51. The van der Waals surface area contributed by atoms with Crippen LogP contribution in [0.3, 0.4) is 0 Å². The third-order valence-electron chi connectivity index (χ3n) is 2.14. The molecule has 3 nitrogen and oxygen atoms in total. The minimum Gasteiger partial charge on any atom is -0.468 e. The molecule has 0 saturated heterocycles. The lowest BCUT2D eigenvalue weighted by Gasteiger charge is -2.21. The third kappa shape index (κ3) is 1.26. The van der Waals surface area contributed by atoms with Crippen molar-refractivity contribution in [3.63, 3.8) is 0 Å². The lowest BCUT2D eigenvalue weighted by Crippen LogP contribution is -2.32. The molecule has 3 heteroatoms. The fraction of sp³-hybridized carbons (Fsp3) is 0.556. The van der Waals surface area contributed by atoms with Crippen molar-refractivity contribution in [3.05, 3.63) is 12.2 Å². The Morgan fingerprint density at radius 1 is 1.58 bits per heavy atom. The maximum Gasteiger partial charge on any atom is 0.317 e. The van der Waals surface area contributed by atoms with E-state index in [1.165, 1.54) is 13.2 Å². The molecular weight excluding hydrogens is 156 g/mol. The van der Waals surface area contributed by atoms with Gasteiger partial charge in [-0.05, 0) is 6.08 Å². The van der Waals surface area contributed by atoms with Crippen molar-refractivity contribution >= 4 is 11.8 Å². The van der Waals surface area contributed by atoms with Crippen LogP contribution >= 0.6 is 0 Å². The molecule has 0 aromatic heterocycles. The Kier molecular flexibility index (Phi) is 2.04. The van der Waals surface area contributed by atoms with E-state index in [0.717, 1.165) is 0 Å². The first-order chi connectivity index (χ1) is 5.49. The number of carbonyl (C=O) groups excluding carboxylic acids is 2. The van der Waals surface area contributed by atoms with Crippen LogP contribution in [-0.2, 0) is 14.3 Å². The third-order valence-corrected chi connectivity index (χ3v) is 2.14. The first kappa shape index (κ1) is 8.97. The summed E-state index contributed by atoms with van der Waals surface area (Å²) in [5.74, 6) is -1.26. The maximum absolute atomic E-state index is 11.2. The SMILES string of the molecule is COC(=O)C1C(=O)C=CC1(C)C. The van der Waals surface area contributed by atoms with Crippen LogP contribution in [0.1, 0.15) is 13.8 Å². The van der Waals surface area contributed by atoms with Crippen molar-refractivity contribution in [2.24, 2.45) is 11.3 Å². The Labute approximate surface area is 71.4 Å². The van der Waals surface area contributed by atoms with Crippen LogP contribution in [0.5, 0.6) is 0 Å². The zero-order chi connectivity index (χ0) is 9.35. The minimum absolute atomic E-state index is 0.160. The van der Waals surface area contributed by atoms with Crippen LogP contribution in [-0.4, -0.2) is 18.9 Å². The Morgan fingerprint density at radius 3 is 2.50 bits per heavy atom. The van der Waals surface area contributed by atoms with Crippen molar-refractivity contribution in [3.8, 4) is 0 Å². The van der Waals surface area contributed by atoms with Gasteiger partial charge in [0.25, 0.3) is 0 Å². The smallest absolute Gasteiger partial charge is 0.317 e. The van der Waals surface area contributed by atoms with Gasteiger partial charge in [0.1, 0.15) is 5.92 Å². The summed E-state index contributed by atoms with van der Waals surface area (Å²) in [5.41, 5.74) is -0.399. The Morgan fingerprint density at radius 2 is 2.17 bits per heavy atom. The largest absolute Gasteiger partial charge is 0.468 e. The highest BCUT2D eigenvalue weighted by atomic mass is 16.5. The van der Waals surface area contributed by atoms with Crippen molar-refractivity contribution in [1.82, 2.24) is 0 Å². The summed E-state index contributed by atoms with van der Waals surface area (Å²) < 4.78 is 4.54. The standard InChI is InChI=1S/C9H12O3/c1-9(2)5-4-6(10)7(9)8(11)12-3/h4-5,7H,1-3H3. The molecule has 1 rings (SSSR count). The van der Waals surface area contributed by atoms with Gasteiger partial charge in [-0.2, -0.15) is 0 Å². The zero-order valence-electron chi connectivity index (χ0n) is 7.46. The highest BCUT2D eigenvalue weighted by molar-refractivity contribution is 6.08. The molecule has 0 bridgehead atoms. The molecule has 0 spiro atoms. The van der Waals surface area contributed by atoms with Gasteiger partial charge >= 0.3 is 5.97 Å². The van der Waals surface area contributed by atoms with Crippen LogP contribution in [0.2, 0.25) is 0 Å². The number of hydrogen-bond acceptors (Lipinski definition) is 3. The van der Waals surface area contributed by atoms with Gasteiger partial charge in [-0.15, -0.1) is 0 Å². The molecule has 0 saturated carbocycles. The van der Waals surface area contributed by atoms with E-state index in [1.807, 2.05) is 13.8 Å². The fourth-order valence-electron chi connectivity index (χ4n) is 1.39. The summed E-state index contributed by atoms with van der Waals surface area (Å²) >= 11 is 0. The van der Waals surface area contributed by atoms with Crippen molar-refractivity contribution in [2.75, 3.05) is 7.11 Å². The van der Waals surface area contributed by atoms with E-state index in [4.69, 9.17) is 0 Å². The highest BCUT2D eigenvalue weighted by Crippen LogP contribution is 2.35. The number of ether oxygens (including phenoxy) is 1. The number of hydrogen-bond donors (Lipinski definition) is 0. The molecule has 0 aliphatic heterocycles. The summed E-state index contributed by atoms with van der Waals surface area (Å²) in [7, 11) is 1.30. The molecular formula is C9H12O3. The molecule has 0 aromatic carbocycles. The van der Waals surface area contributed by atoms with E-state index >= 15 is 0 Å². The number of esters is 1. The molecule has 0 fully saturated rings. The summed E-state index contributed by atoms with van der Waals surface area (Å²) in [4.78, 5) is 22.4. The number of carbonyl (C=O) groups is 2. The van der Waals surface area contributed by atoms with Gasteiger partial charge in [0.2, 0.25) is 0 Å². The van der Waals surface area contributed by atoms with Crippen LogP contribution in [0, 0.1) is 11.3 Å². The zero-order valence-corrected chi connectivity index (χ0v) is 7.46. The number of methoxy groups -OCH3 is 1. The van der Waals surface area contributed by atoms with Gasteiger partial charge in [-0.1, -0.05) is 19.9 Å². The van der Waals surface area contributed by atoms with Crippen LogP contribution in [0.4, 0.5) is 0 Å². The average molecular weight is 168 g/mol. The minimum atomic E-state index is -0.650. The number of ketones is 1. The van der Waals surface area contributed by atoms with E-state index in [-0.39, 0.29) is 5.78 Å². The van der Waals surface area contributed by atoms with Crippen LogP contribution in [0.15, 0.2) is 12.2 Å². The lowest BCUT2D eigenvalue weighted by molar-refractivity contribution is -0.150. The van der Waals surface area contributed by atoms with E-state index in [0.29, 0.717) is 0 Å². The van der Waals surface area contributed by atoms with Gasteiger partial charge in [0.15, 0.2) is 5.78 Å². The fourth-order valence-corrected chi connectivity index (χ4v) is 1.39. The highest BCUT2D eigenvalue weighted by Gasteiger charge is 2.42. The molecule has 0 radical (unpaired) electrons. The maximum atomic E-state index is 11.2. The Balaban J connectivity index is 2.90. The van der Waals surface area contributed by atoms with Gasteiger partial charge in [-0.3, -0.25) is 9.59 Å². The summed E-state index contributed by atoms with van der Waals surface area (Å²) in [6, 6.07) is 0. The normalized spacial score (nSPS) is 25.9. The van der Waals surface area contributed by atoms with E-state index in [1.54, 1.807) is 6.08 Å². The molecule has 12 heavy (non-hydrogen) atoms. The first-order valence-corrected chi connectivity index (χ1v) is 3.80. The number of rotatable bonds is 1. The molecule has 0 heterocycles. The molecule has 0 N–H and O–H groups in total. The quantitative estimate of drug-likeness (QED) is 0.432. The summed E-state index contributed by atoms with van der Waals surface area (Å²) in [6.45, 7) is 3.69. The van der Waals surface area contributed by atoms with E-state index < -0.39 is 17.3 Å². The summed E-state index contributed by atoms with van der Waals surface area (Å²) in [6.07, 6.45) is 3.19. The second-order valence-corrected chi connectivity index (χ2v) is 3.51. The molecule has 1 aliphatic carbocycles. The molecule has 0 amide bonds. The average Bonchev–Trinajstić information content (AvgIpc) is 2.25. The molecule has 1 atom stereocenters. The molecule has 1 unspecified atom stereocenters. The second kappa shape index (κ2) is 2.73. The van der Waals surface area contributed by atoms with Crippen LogP contribution < -0.4 is 0 Å². The topological polar surface area (TPSA) is 43.4 Å². The van der Waals surface area contributed by atoms with Crippen LogP contribution in [0.25, 0.3) is 0 Å². The van der Waals surface area contributed by atoms with Gasteiger partial charge < -0.3 is 4.74 Å². The summed E-state index contributed by atoms with van der Waals surface area (Å²) in [5, 5.41) is 0. The number of allylic oxidation sites excluding steroid dienone is 2. The van der Waals surface area contributed by atoms with E-state index in [9.17, 15) is 9.59 Å². The molecule has 0 aromatic rings. The van der Waals surface area contributed by atoms with E-state index in [2.05, 4.69) is 4.74 Å². The monoisotopic (exact) mass is 168 g/mol. The predicted molar refractivity (Wildman–Crippen MR) is 43.4 cm³/mol. The lowest BCUT2D eigenvalue weighted by atomic mass is 9.82. The molecule has 66 valence electrons. The Bertz CT molecular complexity index is 250.